The molecule has 0 nitrogen and oxygen atoms in total. The van der Waals surface area contributed by atoms with E-state index in [-0.39, 0.29) is 7.43 Å². The second kappa shape index (κ2) is 4.30. The summed E-state index contributed by atoms with van der Waals surface area (Å²) < 4.78 is 0. The van der Waals surface area contributed by atoms with E-state index in [1.807, 2.05) is 0 Å². The van der Waals surface area contributed by atoms with Crippen LogP contribution in [0.25, 0.3) is 0 Å². The predicted octanol–water partition coefficient (Wildman–Crippen LogP) is 4.06. The highest BCUT2D eigenvalue weighted by Crippen LogP contribution is 2.17. The third-order valence-electron chi connectivity index (χ3n) is 2.20. The average molecular weight is 164 g/mol. The van der Waals surface area contributed by atoms with Crippen molar-refractivity contribution in [3.8, 4) is 0 Å². The summed E-state index contributed by atoms with van der Waals surface area (Å²) in [4.78, 5) is 0. The number of hydrogen-bond acceptors (Lipinski definition) is 0. The summed E-state index contributed by atoms with van der Waals surface area (Å²) in [5, 5.41) is 0. The van der Waals surface area contributed by atoms with Crippen molar-refractivity contribution in [1.82, 2.24) is 0 Å². The van der Waals surface area contributed by atoms with Crippen LogP contribution in [0.4, 0.5) is 0 Å². The fourth-order valence-corrected chi connectivity index (χ4v) is 1.12. The highest BCUT2D eigenvalue weighted by molar-refractivity contribution is 5.31. The van der Waals surface area contributed by atoms with Crippen molar-refractivity contribution in [3.05, 3.63) is 34.9 Å². The zero-order valence-electron chi connectivity index (χ0n) is 7.81. The Morgan fingerprint density at radius 1 is 1.00 bits per heavy atom. The largest absolute Gasteiger partial charge is 0.0776 e. The van der Waals surface area contributed by atoms with Gasteiger partial charge in [-0.2, -0.15) is 0 Å². The molecule has 68 valence electrons. The van der Waals surface area contributed by atoms with Gasteiger partial charge in [0.1, 0.15) is 0 Å². The Hall–Kier alpha value is -0.780. The first kappa shape index (κ1) is 11.2. The van der Waals surface area contributed by atoms with Crippen molar-refractivity contribution < 1.29 is 0 Å². The summed E-state index contributed by atoms with van der Waals surface area (Å²) in [7, 11) is 0. The second-order valence-corrected chi connectivity index (χ2v) is 3.50. The Morgan fingerprint density at radius 3 is 2.00 bits per heavy atom. The van der Waals surface area contributed by atoms with E-state index in [0.717, 1.165) is 0 Å². The van der Waals surface area contributed by atoms with Crippen LogP contribution >= 0.6 is 0 Å². The summed E-state index contributed by atoms with van der Waals surface area (Å²) in [6.45, 7) is 8.77. The van der Waals surface area contributed by atoms with Crippen molar-refractivity contribution in [2.75, 3.05) is 0 Å². The molecule has 0 atom stereocenters. The topological polar surface area (TPSA) is 0 Å². The molecule has 0 aliphatic carbocycles. The number of benzene rings is 1. The van der Waals surface area contributed by atoms with Gasteiger partial charge in [-0.05, 0) is 36.5 Å². The molecule has 0 unspecified atom stereocenters. The van der Waals surface area contributed by atoms with Gasteiger partial charge >= 0.3 is 0 Å². The van der Waals surface area contributed by atoms with E-state index in [1.165, 1.54) is 16.7 Å². The zero-order valence-corrected chi connectivity index (χ0v) is 7.81. The lowest BCUT2D eigenvalue weighted by Gasteiger charge is -2.07. The highest BCUT2D eigenvalue weighted by Gasteiger charge is 1.99. The van der Waals surface area contributed by atoms with E-state index in [2.05, 4.69) is 45.9 Å². The lowest BCUT2D eigenvalue weighted by atomic mass is 9.99. The van der Waals surface area contributed by atoms with E-state index in [4.69, 9.17) is 0 Å². The van der Waals surface area contributed by atoms with Crippen LogP contribution in [0.3, 0.4) is 0 Å². The maximum absolute atomic E-state index is 2.28. The Kier molecular flexibility index (Phi) is 4.02. The predicted molar refractivity (Wildman–Crippen MR) is 56.7 cm³/mol. The maximum Gasteiger partial charge on any atom is -0.0219 e. The lowest BCUT2D eigenvalue weighted by molar-refractivity contribution is 0.864. The van der Waals surface area contributed by atoms with Gasteiger partial charge in [0.15, 0.2) is 0 Å². The molecule has 0 radical (unpaired) electrons. The molecule has 0 N–H and O–H groups in total. The Morgan fingerprint density at radius 2 is 1.58 bits per heavy atom. The van der Waals surface area contributed by atoms with Crippen LogP contribution in [0.15, 0.2) is 18.2 Å². The molecule has 0 saturated carbocycles. The summed E-state index contributed by atoms with van der Waals surface area (Å²) >= 11 is 0. The SMILES string of the molecule is C.Cc1ccc(C(C)C)cc1C. The van der Waals surface area contributed by atoms with Crippen molar-refractivity contribution >= 4 is 0 Å². The number of hydrogen-bond donors (Lipinski definition) is 0. The summed E-state index contributed by atoms with van der Waals surface area (Å²) in [6.07, 6.45) is 0. The molecule has 0 aromatic heterocycles. The van der Waals surface area contributed by atoms with E-state index in [9.17, 15) is 0 Å². The monoisotopic (exact) mass is 164 g/mol. The fraction of sp³-hybridized carbons (Fsp3) is 0.500. The zero-order chi connectivity index (χ0) is 8.43. The fourth-order valence-electron chi connectivity index (χ4n) is 1.12. The molecule has 0 heteroatoms. The van der Waals surface area contributed by atoms with E-state index in [0.29, 0.717) is 5.92 Å². The Balaban J connectivity index is 0.00000121. The van der Waals surface area contributed by atoms with Crippen LogP contribution in [0, 0.1) is 13.8 Å². The first-order chi connectivity index (χ1) is 5.11. The van der Waals surface area contributed by atoms with Gasteiger partial charge < -0.3 is 0 Å². The van der Waals surface area contributed by atoms with Gasteiger partial charge in [-0.3, -0.25) is 0 Å². The maximum atomic E-state index is 2.28. The van der Waals surface area contributed by atoms with Gasteiger partial charge in [0, 0.05) is 0 Å². The lowest BCUT2D eigenvalue weighted by Crippen LogP contribution is -1.89. The molecule has 0 heterocycles. The molecule has 0 fully saturated rings. The van der Waals surface area contributed by atoms with Gasteiger partial charge in [-0.15, -0.1) is 0 Å². The quantitative estimate of drug-likeness (QED) is 0.587. The highest BCUT2D eigenvalue weighted by atomic mass is 14.0. The molecule has 0 spiro atoms. The Labute approximate surface area is 76.6 Å². The van der Waals surface area contributed by atoms with Crippen molar-refractivity contribution in [1.29, 1.82) is 0 Å². The third kappa shape index (κ3) is 2.37. The molecule has 12 heavy (non-hydrogen) atoms. The molecule has 0 aliphatic heterocycles. The van der Waals surface area contributed by atoms with E-state index >= 15 is 0 Å². The molecular formula is C12H20. The van der Waals surface area contributed by atoms with Crippen LogP contribution in [0.5, 0.6) is 0 Å². The molecular weight excluding hydrogens is 144 g/mol. The van der Waals surface area contributed by atoms with Gasteiger partial charge in [0.05, 0.1) is 0 Å². The van der Waals surface area contributed by atoms with Gasteiger partial charge in [-0.25, -0.2) is 0 Å². The van der Waals surface area contributed by atoms with E-state index < -0.39 is 0 Å². The summed E-state index contributed by atoms with van der Waals surface area (Å²) in [6, 6.07) is 6.69. The molecule has 0 amide bonds. The smallest absolute Gasteiger partial charge is 0.0219 e. The van der Waals surface area contributed by atoms with Crippen molar-refractivity contribution in [2.45, 2.75) is 41.0 Å². The number of aryl methyl sites for hydroxylation is 2. The summed E-state index contributed by atoms with van der Waals surface area (Å²) in [5.41, 5.74) is 4.22. The van der Waals surface area contributed by atoms with Gasteiger partial charge in [0.25, 0.3) is 0 Å². The molecule has 0 bridgehead atoms. The first-order valence-corrected chi connectivity index (χ1v) is 4.18. The molecule has 1 rings (SSSR count). The van der Waals surface area contributed by atoms with E-state index in [1.54, 1.807) is 0 Å². The normalized spacial score (nSPS) is 9.75. The van der Waals surface area contributed by atoms with Crippen LogP contribution in [-0.2, 0) is 0 Å². The molecule has 1 aromatic rings. The first-order valence-electron chi connectivity index (χ1n) is 4.18. The number of rotatable bonds is 1. The standard InChI is InChI=1S/C11H16.CH4/c1-8(2)11-6-5-9(3)10(4)7-11;/h5-8H,1-4H3;1H4. The Bertz CT molecular complexity index is 246. The minimum absolute atomic E-state index is 0. The van der Waals surface area contributed by atoms with Gasteiger partial charge in [-0.1, -0.05) is 39.5 Å². The van der Waals surface area contributed by atoms with Crippen LogP contribution < -0.4 is 0 Å². The summed E-state index contributed by atoms with van der Waals surface area (Å²) in [5.74, 6) is 0.647. The average Bonchev–Trinajstić information content (AvgIpc) is 1.94. The van der Waals surface area contributed by atoms with Crippen LogP contribution in [0.1, 0.15) is 43.9 Å². The van der Waals surface area contributed by atoms with Crippen molar-refractivity contribution in [3.63, 3.8) is 0 Å². The minimum Gasteiger partial charge on any atom is -0.0776 e. The third-order valence-corrected chi connectivity index (χ3v) is 2.20. The minimum atomic E-state index is 0. The molecule has 0 saturated heterocycles. The molecule has 1 aromatic carbocycles. The van der Waals surface area contributed by atoms with Gasteiger partial charge in [0.2, 0.25) is 0 Å². The van der Waals surface area contributed by atoms with Crippen LogP contribution in [-0.4, -0.2) is 0 Å². The second-order valence-electron chi connectivity index (χ2n) is 3.50. The molecule has 0 aliphatic rings. The van der Waals surface area contributed by atoms with Crippen LogP contribution in [0.2, 0.25) is 0 Å². The van der Waals surface area contributed by atoms with Crippen molar-refractivity contribution in [2.24, 2.45) is 0 Å².